The van der Waals surface area contributed by atoms with E-state index in [1.165, 1.54) is 77.0 Å². The molecule has 0 spiro atoms. The Balaban J connectivity index is 3.26. The largest absolute Gasteiger partial charge is 0.480 e. The number of amides is 1. The minimum atomic E-state index is -1.05. The van der Waals surface area contributed by atoms with Crippen LogP contribution >= 0.6 is 0 Å². The van der Waals surface area contributed by atoms with Gasteiger partial charge in [-0.25, -0.2) is 0 Å². The zero-order chi connectivity index (χ0) is 20.9. The van der Waals surface area contributed by atoms with Crippen LogP contribution in [0.1, 0.15) is 110 Å². The van der Waals surface area contributed by atoms with Gasteiger partial charge in [0.25, 0.3) is 0 Å². The highest BCUT2D eigenvalue weighted by molar-refractivity contribution is 5.78. The molecule has 4 N–H and O–H groups in total. The smallest absolute Gasteiger partial charge is 0.320 e. The van der Waals surface area contributed by atoms with Gasteiger partial charge in [-0.15, -0.1) is 0 Å². The molecule has 0 aromatic rings. The fourth-order valence-electron chi connectivity index (χ4n) is 3.10. The number of aliphatic carboxylic acids is 1. The van der Waals surface area contributed by atoms with E-state index in [0.29, 0.717) is 6.54 Å². The minimum absolute atomic E-state index is 0.107. The molecule has 5 heteroatoms. The van der Waals surface area contributed by atoms with Gasteiger partial charge in [-0.2, -0.15) is 0 Å². The number of allylic oxidation sites excluding steroid dienone is 2. The Kier molecular flexibility index (Phi) is 19.4. The van der Waals surface area contributed by atoms with E-state index in [1.807, 2.05) is 0 Å². The second-order valence-corrected chi connectivity index (χ2v) is 7.77. The third-order valence-electron chi connectivity index (χ3n) is 5.01. The highest BCUT2D eigenvalue weighted by Crippen LogP contribution is 2.09. The molecule has 0 aliphatic carbocycles. The predicted octanol–water partition coefficient (Wildman–Crippen LogP) is 5.33. The quantitative estimate of drug-likeness (QED) is 0.191. The van der Waals surface area contributed by atoms with Crippen LogP contribution in [0.15, 0.2) is 12.2 Å². The lowest BCUT2D eigenvalue weighted by atomic mass is 10.1. The number of rotatable bonds is 20. The first kappa shape index (κ1) is 26.6. The van der Waals surface area contributed by atoms with Gasteiger partial charge in [-0.1, -0.05) is 76.9 Å². The van der Waals surface area contributed by atoms with E-state index < -0.39 is 12.0 Å². The standard InChI is InChI=1S/C23H44N2O3/c1-2-3-4-5-6-7-8-9-10-11-12-13-14-15-16-17-20-25-22(26)19-18-21(24)23(27)28/h9-10,21H,2-8,11-20,24H2,1H3,(H,25,26)(H,27,28)/b10-9+. The van der Waals surface area contributed by atoms with Crippen molar-refractivity contribution in [1.82, 2.24) is 5.32 Å². The molecule has 0 rings (SSSR count). The number of carboxylic acid groups (broad SMARTS) is 1. The zero-order valence-electron chi connectivity index (χ0n) is 18.1. The highest BCUT2D eigenvalue weighted by Gasteiger charge is 2.12. The first-order valence-corrected chi connectivity index (χ1v) is 11.5. The normalized spacial score (nSPS) is 12.4. The lowest BCUT2D eigenvalue weighted by Crippen LogP contribution is -2.32. The number of unbranched alkanes of at least 4 members (excludes halogenated alkanes) is 12. The molecule has 0 saturated carbocycles. The first-order chi connectivity index (χ1) is 13.6. The second-order valence-electron chi connectivity index (χ2n) is 7.77. The van der Waals surface area contributed by atoms with Crippen LogP contribution in [-0.2, 0) is 9.59 Å². The fourth-order valence-corrected chi connectivity index (χ4v) is 3.10. The van der Waals surface area contributed by atoms with Gasteiger partial charge < -0.3 is 16.2 Å². The van der Waals surface area contributed by atoms with Crippen molar-refractivity contribution < 1.29 is 14.7 Å². The molecule has 0 saturated heterocycles. The monoisotopic (exact) mass is 396 g/mol. The van der Waals surface area contributed by atoms with E-state index in [-0.39, 0.29) is 18.7 Å². The van der Waals surface area contributed by atoms with E-state index in [0.717, 1.165) is 12.8 Å². The third kappa shape index (κ3) is 19.4. The van der Waals surface area contributed by atoms with Gasteiger partial charge in [-0.3, -0.25) is 9.59 Å². The maximum absolute atomic E-state index is 11.6. The fraction of sp³-hybridized carbons (Fsp3) is 0.826. The average Bonchev–Trinajstić information content (AvgIpc) is 2.68. The van der Waals surface area contributed by atoms with Crippen molar-refractivity contribution >= 4 is 11.9 Å². The Morgan fingerprint density at radius 2 is 1.36 bits per heavy atom. The lowest BCUT2D eigenvalue weighted by Gasteiger charge is -2.07. The first-order valence-electron chi connectivity index (χ1n) is 11.5. The Morgan fingerprint density at radius 1 is 0.857 bits per heavy atom. The molecular formula is C23H44N2O3. The number of hydrogen-bond acceptors (Lipinski definition) is 3. The minimum Gasteiger partial charge on any atom is -0.480 e. The summed E-state index contributed by atoms with van der Waals surface area (Å²) in [5, 5.41) is 11.5. The number of nitrogens with one attached hydrogen (secondary N) is 1. The van der Waals surface area contributed by atoms with E-state index >= 15 is 0 Å². The van der Waals surface area contributed by atoms with Gasteiger partial charge in [0.15, 0.2) is 0 Å². The Hall–Kier alpha value is -1.36. The van der Waals surface area contributed by atoms with Gasteiger partial charge in [0, 0.05) is 13.0 Å². The van der Waals surface area contributed by atoms with Crippen molar-refractivity contribution in [1.29, 1.82) is 0 Å². The molecule has 0 aromatic carbocycles. The van der Waals surface area contributed by atoms with Crippen molar-refractivity contribution in [2.45, 2.75) is 116 Å². The molecule has 0 bridgehead atoms. The van der Waals surface area contributed by atoms with Crippen molar-refractivity contribution in [3.63, 3.8) is 0 Å². The van der Waals surface area contributed by atoms with E-state index in [1.54, 1.807) is 0 Å². The summed E-state index contributed by atoms with van der Waals surface area (Å²) in [6.07, 6.45) is 22.8. The second kappa shape index (κ2) is 20.4. The van der Waals surface area contributed by atoms with Crippen LogP contribution in [0, 0.1) is 0 Å². The van der Waals surface area contributed by atoms with Gasteiger partial charge in [0.1, 0.15) is 6.04 Å². The van der Waals surface area contributed by atoms with Crippen molar-refractivity contribution in [3.05, 3.63) is 12.2 Å². The van der Waals surface area contributed by atoms with Crippen LogP contribution in [0.2, 0.25) is 0 Å². The SMILES string of the molecule is CCCCCCCC/C=C/CCCCCCCCNC(=O)CCC(N)C(=O)O. The van der Waals surface area contributed by atoms with Gasteiger partial charge in [-0.05, 0) is 38.5 Å². The topological polar surface area (TPSA) is 92.4 Å². The zero-order valence-corrected chi connectivity index (χ0v) is 18.1. The summed E-state index contributed by atoms with van der Waals surface area (Å²) in [5.41, 5.74) is 5.38. The molecule has 0 heterocycles. The summed E-state index contributed by atoms with van der Waals surface area (Å²) in [7, 11) is 0. The summed E-state index contributed by atoms with van der Waals surface area (Å²) in [6, 6.07) is -0.948. The molecule has 0 aliphatic rings. The van der Waals surface area contributed by atoms with Crippen LogP contribution in [0.4, 0.5) is 0 Å². The molecule has 164 valence electrons. The number of nitrogens with two attached hydrogens (primary N) is 1. The number of carboxylic acids is 1. The van der Waals surface area contributed by atoms with Gasteiger partial charge in [0.2, 0.25) is 5.91 Å². The van der Waals surface area contributed by atoms with E-state index in [9.17, 15) is 9.59 Å². The Labute approximate surface area is 172 Å². The van der Waals surface area contributed by atoms with Crippen molar-refractivity contribution in [2.24, 2.45) is 5.73 Å². The van der Waals surface area contributed by atoms with Crippen molar-refractivity contribution in [3.8, 4) is 0 Å². The molecule has 0 radical (unpaired) electrons. The molecule has 28 heavy (non-hydrogen) atoms. The highest BCUT2D eigenvalue weighted by atomic mass is 16.4. The lowest BCUT2D eigenvalue weighted by molar-refractivity contribution is -0.138. The van der Waals surface area contributed by atoms with Crippen LogP contribution in [0.5, 0.6) is 0 Å². The van der Waals surface area contributed by atoms with Crippen LogP contribution in [0.3, 0.4) is 0 Å². The molecule has 5 nitrogen and oxygen atoms in total. The molecule has 0 aliphatic heterocycles. The molecule has 0 aromatic heterocycles. The molecule has 1 amide bonds. The summed E-state index contributed by atoms with van der Waals surface area (Å²) in [5.74, 6) is -1.16. The summed E-state index contributed by atoms with van der Waals surface area (Å²) >= 11 is 0. The van der Waals surface area contributed by atoms with Gasteiger partial charge in [0.05, 0.1) is 0 Å². The number of hydrogen-bond donors (Lipinski definition) is 3. The molecule has 0 fully saturated rings. The summed E-state index contributed by atoms with van der Waals surface area (Å²) in [4.78, 5) is 22.1. The maximum atomic E-state index is 11.6. The maximum Gasteiger partial charge on any atom is 0.320 e. The Bertz CT molecular complexity index is 411. The van der Waals surface area contributed by atoms with Gasteiger partial charge >= 0.3 is 5.97 Å². The number of carbonyl (C=O) groups excluding carboxylic acids is 1. The van der Waals surface area contributed by atoms with Crippen LogP contribution < -0.4 is 11.1 Å². The van der Waals surface area contributed by atoms with Crippen LogP contribution in [0.25, 0.3) is 0 Å². The third-order valence-corrected chi connectivity index (χ3v) is 5.01. The molecular weight excluding hydrogens is 352 g/mol. The molecule has 1 unspecified atom stereocenters. The number of carbonyl (C=O) groups is 2. The summed E-state index contributed by atoms with van der Waals surface area (Å²) < 4.78 is 0. The van der Waals surface area contributed by atoms with E-state index in [2.05, 4.69) is 24.4 Å². The van der Waals surface area contributed by atoms with Crippen LogP contribution in [-0.4, -0.2) is 29.6 Å². The average molecular weight is 397 g/mol. The van der Waals surface area contributed by atoms with E-state index in [4.69, 9.17) is 10.8 Å². The summed E-state index contributed by atoms with van der Waals surface area (Å²) in [6.45, 7) is 2.93. The van der Waals surface area contributed by atoms with Crippen molar-refractivity contribution in [2.75, 3.05) is 6.54 Å². The Morgan fingerprint density at radius 3 is 1.89 bits per heavy atom. The predicted molar refractivity (Wildman–Crippen MR) is 117 cm³/mol. The molecule has 1 atom stereocenters.